The number of rotatable bonds is 5. The molecule has 1 fully saturated rings. The molecule has 0 aliphatic carbocycles. The van der Waals surface area contributed by atoms with E-state index in [1.54, 1.807) is 70.2 Å². The second kappa shape index (κ2) is 9.88. The first-order chi connectivity index (χ1) is 16.3. The van der Waals surface area contributed by atoms with Crippen LogP contribution in [0.15, 0.2) is 59.5 Å². The van der Waals surface area contributed by atoms with Gasteiger partial charge in [-0.15, -0.1) is 0 Å². The zero-order chi connectivity index (χ0) is 26.0. The predicted molar refractivity (Wildman–Crippen MR) is 131 cm³/mol. The van der Waals surface area contributed by atoms with Gasteiger partial charge in [-0.2, -0.15) is 5.26 Å². The molecule has 2 amide bonds. The van der Waals surface area contributed by atoms with Gasteiger partial charge in [0.05, 0.1) is 21.2 Å². The van der Waals surface area contributed by atoms with Gasteiger partial charge in [0, 0.05) is 6.54 Å². The molecule has 0 spiro atoms. The van der Waals surface area contributed by atoms with Crippen molar-refractivity contribution in [1.82, 2.24) is 10.2 Å². The first kappa shape index (κ1) is 26.5. The van der Waals surface area contributed by atoms with Crippen LogP contribution in [0, 0.1) is 11.3 Å². The summed E-state index contributed by atoms with van der Waals surface area (Å²) in [7, 11) is -3.97. The summed E-state index contributed by atoms with van der Waals surface area (Å²) < 4.78 is 32.2. The summed E-state index contributed by atoms with van der Waals surface area (Å²) in [6.07, 6.45) is -0.984. The SMILES string of the molecule is CC(C)(C)OC(=O)N1C[C@H](S(=O)(=O)c2ccccc2Cl)C[C@H]1C(=O)NC(C)(C#N)c1ccccc1. The Balaban J connectivity index is 1.95. The molecular weight excluding hydrogens is 490 g/mol. The third-order valence-electron chi connectivity index (χ3n) is 5.72. The molecule has 2 aromatic carbocycles. The number of ether oxygens (including phenoxy) is 1. The molecule has 1 aliphatic rings. The number of amides is 2. The highest BCUT2D eigenvalue weighted by Gasteiger charge is 2.48. The van der Waals surface area contributed by atoms with Crippen molar-refractivity contribution in [3.8, 4) is 6.07 Å². The Morgan fingerprint density at radius 2 is 1.69 bits per heavy atom. The molecule has 3 atom stereocenters. The Bertz CT molecular complexity index is 1250. The lowest BCUT2D eigenvalue weighted by molar-refractivity contribution is -0.126. The molecule has 1 unspecified atom stereocenters. The Hall–Kier alpha value is -3.09. The van der Waals surface area contributed by atoms with E-state index >= 15 is 0 Å². The summed E-state index contributed by atoms with van der Waals surface area (Å²) in [5.74, 6) is -0.652. The van der Waals surface area contributed by atoms with Crippen LogP contribution in [0.4, 0.5) is 4.79 Å². The minimum Gasteiger partial charge on any atom is -0.444 e. The number of nitrogens with zero attached hydrogens (tertiary/aromatic N) is 2. The lowest BCUT2D eigenvalue weighted by Crippen LogP contribution is -2.52. The predicted octanol–water partition coefficient (Wildman–Crippen LogP) is 4.05. The van der Waals surface area contributed by atoms with E-state index in [-0.39, 0.29) is 22.9 Å². The van der Waals surface area contributed by atoms with Crippen molar-refractivity contribution in [3.05, 3.63) is 65.2 Å². The van der Waals surface area contributed by atoms with Crippen LogP contribution in [0.1, 0.15) is 39.7 Å². The van der Waals surface area contributed by atoms with Crippen molar-refractivity contribution in [3.63, 3.8) is 0 Å². The minimum atomic E-state index is -3.97. The maximum absolute atomic E-state index is 13.4. The molecule has 3 rings (SSSR count). The molecule has 10 heteroatoms. The van der Waals surface area contributed by atoms with Gasteiger partial charge in [0.1, 0.15) is 17.2 Å². The largest absolute Gasteiger partial charge is 0.444 e. The van der Waals surface area contributed by atoms with Gasteiger partial charge in [-0.3, -0.25) is 9.69 Å². The maximum Gasteiger partial charge on any atom is 0.411 e. The zero-order valence-electron chi connectivity index (χ0n) is 20.0. The summed E-state index contributed by atoms with van der Waals surface area (Å²) in [6.45, 7) is 6.32. The molecule has 8 nitrogen and oxygen atoms in total. The summed E-state index contributed by atoms with van der Waals surface area (Å²) in [6, 6.07) is 15.7. The van der Waals surface area contributed by atoms with Crippen molar-refractivity contribution in [2.45, 2.75) is 61.4 Å². The summed E-state index contributed by atoms with van der Waals surface area (Å²) in [4.78, 5) is 27.5. The van der Waals surface area contributed by atoms with Gasteiger partial charge in [0.15, 0.2) is 9.84 Å². The van der Waals surface area contributed by atoms with E-state index in [0.717, 1.165) is 4.90 Å². The van der Waals surface area contributed by atoms with Gasteiger partial charge >= 0.3 is 6.09 Å². The number of nitriles is 1. The van der Waals surface area contributed by atoms with Crippen LogP contribution in [0.2, 0.25) is 5.02 Å². The van der Waals surface area contributed by atoms with E-state index in [4.69, 9.17) is 16.3 Å². The number of hydrogen-bond acceptors (Lipinski definition) is 6. The topological polar surface area (TPSA) is 117 Å². The van der Waals surface area contributed by atoms with Crippen molar-refractivity contribution in [1.29, 1.82) is 5.26 Å². The molecule has 0 aromatic heterocycles. The minimum absolute atomic E-state index is 0.0605. The highest BCUT2D eigenvalue weighted by Crippen LogP contribution is 2.33. The average molecular weight is 518 g/mol. The number of carbonyl (C=O) groups excluding carboxylic acids is 2. The number of hydrogen-bond donors (Lipinski definition) is 1. The molecule has 186 valence electrons. The van der Waals surface area contributed by atoms with Gasteiger partial charge < -0.3 is 10.1 Å². The van der Waals surface area contributed by atoms with Crippen LogP contribution in [0.5, 0.6) is 0 Å². The molecule has 1 N–H and O–H groups in total. The van der Waals surface area contributed by atoms with Gasteiger partial charge in [-0.1, -0.05) is 54.1 Å². The van der Waals surface area contributed by atoms with Crippen LogP contribution in [0.25, 0.3) is 0 Å². The summed E-state index contributed by atoms with van der Waals surface area (Å²) in [5, 5.41) is 11.5. The van der Waals surface area contributed by atoms with E-state index in [0.29, 0.717) is 5.56 Å². The van der Waals surface area contributed by atoms with Crippen LogP contribution in [-0.4, -0.2) is 48.8 Å². The molecule has 0 bridgehead atoms. The normalized spacial score (nSPS) is 19.9. The lowest BCUT2D eigenvalue weighted by atomic mass is 9.93. The van der Waals surface area contributed by atoms with E-state index in [1.165, 1.54) is 12.1 Å². The molecule has 2 aromatic rings. The quantitative estimate of drug-likeness (QED) is 0.639. The number of nitrogens with one attached hydrogen (secondary N) is 1. The molecule has 0 saturated carbocycles. The Kier molecular flexibility index (Phi) is 7.48. The number of halogens is 1. The maximum atomic E-state index is 13.4. The first-order valence-corrected chi connectivity index (χ1v) is 13.0. The van der Waals surface area contributed by atoms with Crippen molar-refractivity contribution >= 4 is 33.4 Å². The van der Waals surface area contributed by atoms with Crippen LogP contribution >= 0.6 is 11.6 Å². The molecule has 1 aliphatic heterocycles. The highest BCUT2D eigenvalue weighted by molar-refractivity contribution is 7.92. The molecule has 1 heterocycles. The highest BCUT2D eigenvalue weighted by atomic mass is 35.5. The number of benzene rings is 2. The average Bonchev–Trinajstić information content (AvgIpc) is 3.25. The Labute approximate surface area is 210 Å². The number of sulfone groups is 1. The number of likely N-dealkylation sites (tertiary alicyclic amines) is 1. The molecule has 35 heavy (non-hydrogen) atoms. The van der Waals surface area contributed by atoms with E-state index in [9.17, 15) is 23.3 Å². The van der Waals surface area contributed by atoms with E-state index in [2.05, 4.69) is 11.4 Å². The molecule has 1 saturated heterocycles. The molecule has 0 radical (unpaired) electrons. The van der Waals surface area contributed by atoms with Gasteiger partial charge in [0.25, 0.3) is 0 Å². The fourth-order valence-corrected chi connectivity index (χ4v) is 6.13. The van der Waals surface area contributed by atoms with Crippen molar-refractivity contribution in [2.24, 2.45) is 0 Å². The van der Waals surface area contributed by atoms with Crippen LogP contribution in [0.3, 0.4) is 0 Å². The fraction of sp³-hybridized carbons (Fsp3) is 0.400. The second-order valence-corrected chi connectivity index (χ2v) is 12.2. The monoisotopic (exact) mass is 517 g/mol. The molecular formula is C25H28ClN3O5S. The zero-order valence-corrected chi connectivity index (χ0v) is 21.6. The van der Waals surface area contributed by atoms with Crippen molar-refractivity contribution < 1.29 is 22.7 Å². The standard InChI is InChI=1S/C25H28ClN3O5S/c1-24(2,3)34-23(31)29-15-18(35(32,33)21-13-9-8-12-19(21)26)14-20(29)22(30)28-25(4,16-27)17-10-6-5-7-11-17/h5-13,18,20H,14-15H2,1-4H3,(H,28,30)/t18-,20+,25?/m1/s1. The Morgan fingerprint density at radius 3 is 2.26 bits per heavy atom. The third kappa shape index (κ3) is 5.77. The fourth-order valence-electron chi connectivity index (χ4n) is 3.91. The van der Waals surface area contributed by atoms with Crippen LogP contribution < -0.4 is 5.32 Å². The number of carbonyl (C=O) groups is 2. The van der Waals surface area contributed by atoms with Crippen molar-refractivity contribution in [2.75, 3.05) is 6.54 Å². The van der Waals surface area contributed by atoms with E-state index < -0.39 is 44.3 Å². The van der Waals surface area contributed by atoms with Gasteiger partial charge in [-0.05, 0) is 51.8 Å². The lowest BCUT2D eigenvalue weighted by Gasteiger charge is -2.30. The summed E-state index contributed by atoms with van der Waals surface area (Å²) in [5.41, 5.74) is -1.70. The van der Waals surface area contributed by atoms with Crippen LogP contribution in [-0.2, 0) is 24.9 Å². The van der Waals surface area contributed by atoms with E-state index in [1.807, 2.05) is 0 Å². The second-order valence-electron chi connectivity index (χ2n) is 9.57. The van der Waals surface area contributed by atoms with Gasteiger partial charge in [0.2, 0.25) is 5.91 Å². The first-order valence-electron chi connectivity index (χ1n) is 11.1. The summed E-state index contributed by atoms with van der Waals surface area (Å²) >= 11 is 6.15. The Morgan fingerprint density at radius 1 is 1.09 bits per heavy atom. The smallest absolute Gasteiger partial charge is 0.411 e. The third-order valence-corrected chi connectivity index (χ3v) is 8.35. The van der Waals surface area contributed by atoms with Gasteiger partial charge in [-0.25, -0.2) is 13.2 Å².